The molecule has 0 atom stereocenters. The predicted octanol–water partition coefficient (Wildman–Crippen LogP) is 12.9. The monoisotopic (exact) mass is 592 g/mol. The Morgan fingerprint density at radius 3 is 1.51 bits per heavy atom. The van der Waals surface area contributed by atoms with Crippen LogP contribution in [0.15, 0.2) is 154 Å². The van der Waals surface area contributed by atoms with E-state index in [-0.39, 0.29) is 0 Å². The van der Waals surface area contributed by atoms with E-state index in [0.717, 1.165) is 60.6 Å². The van der Waals surface area contributed by atoms with Gasteiger partial charge in [0.15, 0.2) is 0 Å². The second kappa shape index (κ2) is 9.43. The Morgan fingerprint density at radius 1 is 0.333 bits per heavy atom. The van der Waals surface area contributed by atoms with Crippen molar-refractivity contribution < 1.29 is 8.83 Å². The van der Waals surface area contributed by atoms with Crippen molar-refractivity contribution in [2.45, 2.75) is 0 Å². The van der Waals surface area contributed by atoms with Crippen LogP contribution in [0.3, 0.4) is 0 Å². The molecule has 2 nitrogen and oxygen atoms in total. The molecular formula is C42H24O2S. The van der Waals surface area contributed by atoms with Crippen LogP contribution in [0.5, 0.6) is 0 Å². The molecular weight excluding hydrogens is 569 g/mol. The summed E-state index contributed by atoms with van der Waals surface area (Å²) in [6, 6.07) is 51.9. The third-order valence-corrected chi connectivity index (χ3v) is 10.3. The Balaban J connectivity index is 1.01. The van der Waals surface area contributed by atoms with Gasteiger partial charge in [0.25, 0.3) is 0 Å². The van der Waals surface area contributed by atoms with Crippen LogP contribution in [0, 0.1) is 0 Å². The van der Waals surface area contributed by atoms with Gasteiger partial charge in [0, 0.05) is 41.7 Å². The average molecular weight is 593 g/mol. The van der Waals surface area contributed by atoms with Crippen molar-refractivity contribution in [2.24, 2.45) is 0 Å². The lowest BCUT2D eigenvalue weighted by Crippen LogP contribution is -1.82. The van der Waals surface area contributed by atoms with Gasteiger partial charge in [-0.15, -0.1) is 11.3 Å². The smallest absolute Gasteiger partial charge is 0.136 e. The molecule has 0 bridgehead atoms. The average Bonchev–Trinajstić information content (AvgIpc) is 3.78. The summed E-state index contributed by atoms with van der Waals surface area (Å²) in [5.74, 6) is 0. The molecule has 0 N–H and O–H groups in total. The number of fused-ring (bicyclic) bond motifs is 9. The maximum absolute atomic E-state index is 6.46. The molecule has 0 amide bonds. The molecule has 3 heteroatoms. The van der Waals surface area contributed by atoms with E-state index in [1.165, 1.54) is 36.9 Å². The minimum atomic E-state index is 0.885. The van der Waals surface area contributed by atoms with E-state index in [1.807, 2.05) is 23.5 Å². The fraction of sp³-hybridized carbons (Fsp3) is 0. The van der Waals surface area contributed by atoms with Gasteiger partial charge in [0.2, 0.25) is 0 Å². The van der Waals surface area contributed by atoms with E-state index < -0.39 is 0 Å². The van der Waals surface area contributed by atoms with Crippen molar-refractivity contribution in [3.8, 4) is 33.4 Å². The molecule has 0 aliphatic carbocycles. The van der Waals surface area contributed by atoms with Crippen molar-refractivity contribution >= 4 is 75.4 Å². The zero-order valence-corrected chi connectivity index (χ0v) is 24.9. The zero-order chi connectivity index (χ0) is 29.5. The van der Waals surface area contributed by atoms with Crippen molar-refractivity contribution in [1.82, 2.24) is 0 Å². The molecule has 45 heavy (non-hydrogen) atoms. The lowest BCUT2D eigenvalue weighted by atomic mass is 9.96. The number of para-hydroxylation sites is 1. The number of thiophene rings is 1. The second-order valence-corrected chi connectivity index (χ2v) is 12.8. The largest absolute Gasteiger partial charge is 0.456 e. The third kappa shape index (κ3) is 3.81. The molecule has 7 aromatic carbocycles. The summed E-state index contributed by atoms with van der Waals surface area (Å²) in [5.41, 5.74) is 10.6. The van der Waals surface area contributed by atoms with Crippen LogP contribution in [-0.2, 0) is 0 Å². The number of hydrogen-bond donors (Lipinski definition) is 0. The number of rotatable bonds is 3. The standard InChI is InChI=1S/C42H24O2S/c1-3-9-36-31(6-1)32-20-17-28(23-37(32)43-36)29-18-21-34-33-19-16-27(22-38(33)44-39(34)24-29)25-12-14-26(15-13-25)30-8-5-11-41-42(30)35-7-2-4-10-40(35)45-41/h1-24H. The molecule has 0 aliphatic rings. The summed E-state index contributed by atoms with van der Waals surface area (Å²) in [6.07, 6.45) is 0. The Hall–Kier alpha value is -5.64. The predicted molar refractivity (Wildman–Crippen MR) is 190 cm³/mol. The minimum absolute atomic E-state index is 0.885. The Bertz CT molecular complexity index is 2760. The van der Waals surface area contributed by atoms with Crippen LogP contribution in [0.25, 0.3) is 97.4 Å². The normalized spacial score (nSPS) is 12.0. The van der Waals surface area contributed by atoms with Crippen molar-refractivity contribution in [1.29, 1.82) is 0 Å². The molecule has 3 aromatic heterocycles. The van der Waals surface area contributed by atoms with Crippen LogP contribution in [0.2, 0.25) is 0 Å². The van der Waals surface area contributed by atoms with E-state index in [2.05, 4.69) is 133 Å². The molecule has 0 radical (unpaired) electrons. The highest BCUT2D eigenvalue weighted by atomic mass is 32.1. The molecule has 10 rings (SSSR count). The highest BCUT2D eigenvalue weighted by Gasteiger charge is 2.14. The highest BCUT2D eigenvalue weighted by Crippen LogP contribution is 2.41. The van der Waals surface area contributed by atoms with Gasteiger partial charge >= 0.3 is 0 Å². The zero-order valence-electron chi connectivity index (χ0n) is 24.1. The fourth-order valence-corrected chi connectivity index (χ4v) is 8.03. The topological polar surface area (TPSA) is 26.3 Å². The Labute approximate surface area is 262 Å². The first-order valence-corrected chi connectivity index (χ1v) is 16.0. The van der Waals surface area contributed by atoms with E-state index in [0.29, 0.717) is 0 Å². The van der Waals surface area contributed by atoms with Crippen LogP contribution in [-0.4, -0.2) is 0 Å². The first kappa shape index (κ1) is 24.8. The van der Waals surface area contributed by atoms with Crippen molar-refractivity contribution in [3.05, 3.63) is 146 Å². The molecule has 210 valence electrons. The van der Waals surface area contributed by atoms with Gasteiger partial charge in [0.05, 0.1) is 0 Å². The van der Waals surface area contributed by atoms with Crippen LogP contribution in [0.4, 0.5) is 0 Å². The first-order chi connectivity index (χ1) is 22.3. The van der Waals surface area contributed by atoms with Crippen molar-refractivity contribution in [2.75, 3.05) is 0 Å². The quantitative estimate of drug-likeness (QED) is 0.204. The molecule has 3 heterocycles. The Morgan fingerprint density at radius 2 is 0.822 bits per heavy atom. The van der Waals surface area contributed by atoms with Gasteiger partial charge < -0.3 is 8.83 Å². The third-order valence-electron chi connectivity index (χ3n) is 9.12. The summed E-state index contributed by atoms with van der Waals surface area (Å²) in [5, 5.41) is 7.19. The number of furan rings is 2. The molecule has 0 saturated carbocycles. The maximum atomic E-state index is 6.46. The fourth-order valence-electron chi connectivity index (χ4n) is 6.90. The van der Waals surface area contributed by atoms with Crippen LogP contribution < -0.4 is 0 Å². The molecule has 10 aromatic rings. The van der Waals surface area contributed by atoms with Gasteiger partial charge in [-0.1, -0.05) is 91.0 Å². The van der Waals surface area contributed by atoms with Crippen LogP contribution in [0.1, 0.15) is 0 Å². The second-order valence-electron chi connectivity index (χ2n) is 11.7. The van der Waals surface area contributed by atoms with Gasteiger partial charge in [0.1, 0.15) is 22.3 Å². The summed E-state index contributed by atoms with van der Waals surface area (Å²) < 4.78 is 15.3. The van der Waals surface area contributed by atoms with Gasteiger partial charge in [-0.05, 0) is 88.0 Å². The highest BCUT2D eigenvalue weighted by molar-refractivity contribution is 7.25. The summed E-state index contributed by atoms with van der Waals surface area (Å²) >= 11 is 1.86. The molecule has 0 fully saturated rings. The SMILES string of the molecule is c1ccc2c(c1)oc1cc(-c3ccc4c(c3)oc3cc(-c5ccc(-c6cccc7sc8ccccc8c67)cc5)ccc34)ccc12. The summed E-state index contributed by atoms with van der Waals surface area (Å²) in [7, 11) is 0. The number of hydrogen-bond acceptors (Lipinski definition) is 3. The number of benzene rings is 7. The van der Waals surface area contributed by atoms with E-state index in [9.17, 15) is 0 Å². The maximum Gasteiger partial charge on any atom is 0.136 e. The van der Waals surface area contributed by atoms with E-state index in [4.69, 9.17) is 8.83 Å². The lowest BCUT2D eigenvalue weighted by Gasteiger charge is -2.07. The van der Waals surface area contributed by atoms with Crippen molar-refractivity contribution in [3.63, 3.8) is 0 Å². The van der Waals surface area contributed by atoms with Gasteiger partial charge in [-0.3, -0.25) is 0 Å². The Kier molecular flexibility index (Phi) is 5.19. The lowest BCUT2D eigenvalue weighted by molar-refractivity contribution is 0.668. The summed E-state index contributed by atoms with van der Waals surface area (Å²) in [4.78, 5) is 0. The van der Waals surface area contributed by atoms with Gasteiger partial charge in [-0.25, -0.2) is 0 Å². The minimum Gasteiger partial charge on any atom is -0.456 e. The molecule has 0 saturated heterocycles. The first-order valence-electron chi connectivity index (χ1n) is 15.2. The molecule has 0 aliphatic heterocycles. The molecule has 0 unspecified atom stereocenters. The van der Waals surface area contributed by atoms with Crippen LogP contribution >= 0.6 is 11.3 Å². The molecule has 0 spiro atoms. The summed E-state index contributed by atoms with van der Waals surface area (Å²) in [6.45, 7) is 0. The van der Waals surface area contributed by atoms with E-state index >= 15 is 0 Å². The van der Waals surface area contributed by atoms with Gasteiger partial charge in [-0.2, -0.15) is 0 Å². The van der Waals surface area contributed by atoms with E-state index in [1.54, 1.807) is 0 Å².